The quantitative estimate of drug-likeness (QED) is 0.167. The number of carbonyl (C=O) groups is 1. The molecule has 56 heavy (non-hydrogen) atoms. The van der Waals surface area contributed by atoms with Crippen molar-refractivity contribution in [1.82, 2.24) is 10.2 Å². The Labute approximate surface area is 337 Å². The molecule has 6 N–H and O–H groups in total. The van der Waals surface area contributed by atoms with Gasteiger partial charge in [0.2, 0.25) is 0 Å². The Hall–Kier alpha value is -1.01. The molecule has 0 bridgehead atoms. The van der Waals surface area contributed by atoms with Crippen molar-refractivity contribution in [1.29, 1.82) is 0 Å². The molecule has 3 saturated heterocycles. The Morgan fingerprint density at radius 3 is 2.11 bits per heavy atom. The van der Waals surface area contributed by atoms with Crippen LogP contribution in [0.3, 0.4) is 0 Å². The van der Waals surface area contributed by atoms with E-state index in [2.05, 4.69) is 19.2 Å². The largest absolute Gasteiger partial charge is 0.459 e. The first-order valence-corrected chi connectivity index (χ1v) is 21.1. The molecule has 0 aromatic rings. The number of rotatable bonds is 11. The predicted molar refractivity (Wildman–Crippen MR) is 212 cm³/mol. The second kappa shape index (κ2) is 20.0. The van der Waals surface area contributed by atoms with Crippen LogP contribution in [-0.2, 0) is 33.2 Å². The molecular weight excluding hydrogens is 724 g/mol. The maximum atomic E-state index is 14.3. The van der Waals surface area contributed by atoms with Crippen LogP contribution in [0.2, 0.25) is 0 Å². The van der Waals surface area contributed by atoms with Crippen molar-refractivity contribution in [3.05, 3.63) is 0 Å². The fourth-order valence-electron chi connectivity index (χ4n) is 9.53. The average molecular weight is 805 g/mol. The van der Waals surface area contributed by atoms with E-state index in [0.717, 1.165) is 6.42 Å². The summed E-state index contributed by atoms with van der Waals surface area (Å²) in [5, 5.41) is 63.0. The van der Waals surface area contributed by atoms with E-state index >= 15 is 0 Å². The Morgan fingerprint density at radius 1 is 0.929 bits per heavy atom. The van der Waals surface area contributed by atoms with E-state index in [1.54, 1.807) is 34.6 Å². The van der Waals surface area contributed by atoms with Gasteiger partial charge in [-0.2, -0.15) is 0 Å². The fraction of sp³-hybridized carbons (Fsp3) is 0.976. The van der Waals surface area contributed by atoms with E-state index in [0.29, 0.717) is 18.9 Å². The van der Waals surface area contributed by atoms with Gasteiger partial charge in [-0.25, -0.2) is 0 Å². The summed E-state index contributed by atoms with van der Waals surface area (Å²) >= 11 is 0. The minimum absolute atomic E-state index is 0.130. The third kappa shape index (κ3) is 11.4. The highest BCUT2D eigenvalue weighted by atomic mass is 16.7. The molecule has 2 unspecified atom stereocenters. The minimum atomic E-state index is -1.83. The van der Waals surface area contributed by atoms with E-state index in [4.69, 9.17) is 28.4 Å². The lowest BCUT2D eigenvalue weighted by Crippen LogP contribution is -2.62. The first-order valence-electron chi connectivity index (χ1n) is 21.1. The monoisotopic (exact) mass is 805 g/mol. The maximum Gasteiger partial charge on any atom is 0.311 e. The van der Waals surface area contributed by atoms with Crippen LogP contribution in [-0.4, -0.2) is 154 Å². The van der Waals surface area contributed by atoms with E-state index < -0.39 is 95.8 Å². The van der Waals surface area contributed by atoms with Crippen molar-refractivity contribution in [3.8, 4) is 0 Å². The van der Waals surface area contributed by atoms with Crippen molar-refractivity contribution >= 4 is 5.97 Å². The summed E-state index contributed by atoms with van der Waals surface area (Å²) in [6, 6.07) is -0.669. The van der Waals surface area contributed by atoms with Crippen molar-refractivity contribution < 1.29 is 58.7 Å². The normalized spacial score (nSPS) is 47.8. The summed E-state index contributed by atoms with van der Waals surface area (Å²) in [7, 11) is 5.29. The van der Waals surface area contributed by atoms with Crippen LogP contribution < -0.4 is 5.32 Å². The number of nitrogens with one attached hydrogen (secondary N) is 1. The average Bonchev–Trinajstić information content (AvgIpc) is 3.11. The molecule has 3 aliphatic heterocycles. The first-order chi connectivity index (χ1) is 25.8. The van der Waals surface area contributed by atoms with E-state index in [9.17, 15) is 30.3 Å². The number of carbonyl (C=O) groups excluding carboxylic acids is 1. The van der Waals surface area contributed by atoms with Crippen LogP contribution >= 0.6 is 0 Å². The SMILES string of the molecule is CCC1OC(=O)[C@H](C)C(O[C@H]2C[C@@](C)(OC)[C@@H](O)[C@H](C)O2)[C@H](C)[C@@H](O[C@@H]2O[C@H](C)C[C@H](N(C)C)[C@H]2O)[C@](C)(O)C[C@@H](C)[C@H](NCCC(C)C)[C@H](C)[C@@H](O)[C@]1(C)O. The summed E-state index contributed by atoms with van der Waals surface area (Å²) in [4.78, 5) is 16.3. The number of aliphatic hydroxyl groups excluding tert-OH is 3. The van der Waals surface area contributed by atoms with Crippen LogP contribution in [0.4, 0.5) is 0 Å². The molecule has 3 aliphatic rings. The molecule has 14 nitrogen and oxygen atoms in total. The van der Waals surface area contributed by atoms with E-state index in [1.807, 2.05) is 46.7 Å². The highest BCUT2D eigenvalue weighted by Gasteiger charge is 2.53. The van der Waals surface area contributed by atoms with Gasteiger partial charge < -0.3 is 64.2 Å². The van der Waals surface area contributed by atoms with Crippen molar-refractivity contribution in [3.63, 3.8) is 0 Å². The summed E-state index contributed by atoms with van der Waals surface area (Å²) in [5.74, 6) is -2.86. The van der Waals surface area contributed by atoms with Gasteiger partial charge in [-0.3, -0.25) is 4.79 Å². The molecule has 0 aromatic heterocycles. The number of esters is 1. The summed E-state index contributed by atoms with van der Waals surface area (Å²) in [5.41, 5.74) is -4.48. The number of methoxy groups -OCH3 is 1. The van der Waals surface area contributed by atoms with Crippen LogP contribution in [0.15, 0.2) is 0 Å². The van der Waals surface area contributed by atoms with Gasteiger partial charge in [0.1, 0.15) is 23.9 Å². The van der Waals surface area contributed by atoms with E-state index in [-0.39, 0.29) is 43.4 Å². The second-order valence-corrected chi connectivity index (χ2v) is 18.9. The zero-order valence-corrected chi connectivity index (χ0v) is 37.1. The molecule has 0 aromatic carbocycles. The van der Waals surface area contributed by atoms with Gasteiger partial charge in [0.15, 0.2) is 12.6 Å². The van der Waals surface area contributed by atoms with Gasteiger partial charge in [0, 0.05) is 37.5 Å². The summed E-state index contributed by atoms with van der Waals surface area (Å²) in [6.07, 6.45) is -7.53. The van der Waals surface area contributed by atoms with Crippen LogP contribution in [0.1, 0.15) is 115 Å². The Bertz CT molecular complexity index is 1220. The number of likely N-dealkylation sites (N-methyl/N-ethyl adjacent to an activating group) is 1. The van der Waals surface area contributed by atoms with Crippen molar-refractivity contribution in [2.45, 2.75) is 205 Å². The molecule has 0 saturated carbocycles. The number of aliphatic hydroxyl groups is 5. The summed E-state index contributed by atoms with van der Waals surface area (Å²) < 4.78 is 37.9. The number of hydrogen-bond acceptors (Lipinski definition) is 14. The molecule has 330 valence electrons. The predicted octanol–water partition coefficient (Wildman–Crippen LogP) is 3.22. The molecule has 0 aliphatic carbocycles. The third-order valence-electron chi connectivity index (χ3n) is 13.2. The Balaban J connectivity index is 2.22. The molecule has 3 fully saturated rings. The molecule has 0 amide bonds. The van der Waals surface area contributed by atoms with Crippen LogP contribution in [0.5, 0.6) is 0 Å². The Morgan fingerprint density at radius 2 is 1.55 bits per heavy atom. The van der Waals surface area contributed by atoms with Crippen molar-refractivity contribution in [2.24, 2.45) is 29.6 Å². The van der Waals surface area contributed by atoms with E-state index in [1.165, 1.54) is 14.0 Å². The number of hydrogen-bond donors (Lipinski definition) is 6. The molecule has 0 radical (unpaired) electrons. The lowest BCUT2D eigenvalue weighted by atomic mass is 9.72. The van der Waals surface area contributed by atoms with Gasteiger partial charge in [0.25, 0.3) is 0 Å². The molecule has 0 spiro atoms. The van der Waals surface area contributed by atoms with Crippen LogP contribution in [0.25, 0.3) is 0 Å². The lowest BCUT2D eigenvalue weighted by Gasteiger charge is -2.49. The van der Waals surface area contributed by atoms with Gasteiger partial charge in [-0.05, 0) is 99.7 Å². The van der Waals surface area contributed by atoms with Gasteiger partial charge >= 0.3 is 5.97 Å². The highest BCUT2D eigenvalue weighted by molar-refractivity contribution is 5.73. The lowest BCUT2D eigenvalue weighted by molar-refractivity contribution is -0.318. The molecule has 3 rings (SSSR count). The number of ether oxygens (including phenoxy) is 6. The second-order valence-electron chi connectivity index (χ2n) is 18.9. The highest BCUT2D eigenvalue weighted by Crippen LogP contribution is 2.41. The maximum absolute atomic E-state index is 14.3. The molecular formula is C42H80N2O12. The number of cyclic esters (lactones) is 1. The van der Waals surface area contributed by atoms with Gasteiger partial charge in [0.05, 0.1) is 47.6 Å². The van der Waals surface area contributed by atoms with Gasteiger partial charge in [-0.1, -0.05) is 41.5 Å². The number of nitrogens with zero attached hydrogens (tertiary/aromatic N) is 1. The smallest absolute Gasteiger partial charge is 0.311 e. The zero-order chi connectivity index (χ0) is 42.7. The molecule has 19 atom stereocenters. The topological polar surface area (TPSA) is 189 Å². The summed E-state index contributed by atoms with van der Waals surface area (Å²) in [6.45, 7) is 22.7. The fourth-order valence-corrected chi connectivity index (χ4v) is 9.53. The Kier molecular flexibility index (Phi) is 17.7. The van der Waals surface area contributed by atoms with Crippen LogP contribution in [0, 0.1) is 29.6 Å². The minimum Gasteiger partial charge on any atom is -0.459 e. The van der Waals surface area contributed by atoms with Gasteiger partial charge in [-0.15, -0.1) is 0 Å². The molecule has 3 heterocycles. The first kappa shape index (κ1) is 49.4. The zero-order valence-electron chi connectivity index (χ0n) is 37.1. The standard InChI is InChI=1S/C42H80N2O12/c1-16-30-42(12,50)35(46)25(6)32(43-18-17-22(2)3)23(4)20-40(10,49)37(56-39-33(45)29(44(13)14)19-24(5)52-39)26(7)34(27(8)38(48)54-30)55-31-21-41(11,51-15)36(47)28(9)53-31/h22-37,39,43,45-47,49-50H,16-21H2,1-15H3/t23-,24-,25+,26+,27-,28+,29+,30?,31+,32+,33-,34?,35-,36+,37-,39+,40-,41-,42-/m1/s1. The van der Waals surface area contributed by atoms with Crippen molar-refractivity contribution in [2.75, 3.05) is 27.7 Å². The molecule has 14 heteroatoms. The third-order valence-corrected chi connectivity index (χ3v) is 13.2.